The van der Waals surface area contributed by atoms with Gasteiger partial charge in [0, 0.05) is 10.9 Å². The third-order valence-electron chi connectivity index (χ3n) is 3.17. The number of amides is 1. The molecule has 6 heteroatoms. The average Bonchev–Trinajstić information content (AvgIpc) is 2.82. The number of carbonyl (C=O) groups is 2. The first-order valence-electron chi connectivity index (χ1n) is 6.68. The highest BCUT2D eigenvalue weighted by molar-refractivity contribution is 7.08. The number of benzene rings is 1. The van der Waals surface area contributed by atoms with Gasteiger partial charge >= 0.3 is 5.97 Å². The number of hydrogen-bond acceptors (Lipinski definition) is 4. The van der Waals surface area contributed by atoms with Crippen LogP contribution in [0.5, 0.6) is 5.75 Å². The minimum atomic E-state index is -1.03. The number of nitrogens with one attached hydrogen (secondary N) is 1. The second kappa shape index (κ2) is 6.62. The van der Waals surface area contributed by atoms with E-state index in [9.17, 15) is 9.59 Å². The molecule has 2 N–H and O–H groups in total. The molecule has 1 heterocycles. The standard InChI is InChI=1S/C16H17NO4S/c1-9-4-12(5-10(2)15(9)21-6-14(18)19)16(20)17-13-8-22-7-11(13)3/h4-5,7-8H,6H2,1-3H3,(H,17,20)(H,18,19). The zero-order valence-corrected chi connectivity index (χ0v) is 13.4. The summed E-state index contributed by atoms with van der Waals surface area (Å²) in [6.07, 6.45) is 0. The van der Waals surface area contributed by atoms with E-state index in [4.69, 9.17) is 9.84 Å². The van der Waals surface area contributed by atoms with Gasteiger partial charge in [0.1, 0.15) is 5.75 Å². The number of aryl methyl sites for hydroxylation is 3. The smallest absolute Gasteiger partial charge is 0.341 e. The number of rotatable bonds is 5. The van der Waals surface area contributed by atoms with Crippen molar-refractivity contribution in [3.63, 3.8) is 0 Å². The first-order valence-corrected chi connectivity index (χ1v) is 7.62. The molecule has 0 radical (unpaired) electrons. The van der Waals surface area contributed by atoms with Crippen LogP contribution in [0.2, 0.25) is 0 Å². The molecule has 116 valence electrons. The molecular formula is C16H17NO4S. The molecule has 22 heavy (non-hydrogen) atoms. The van der Waals surface area contributed by atoms with E-state index in [1.54, 1.807) is 26.0 Å². The molecule has 0 atom stereocenters. The third kappa shape index (κ3) is 3.65. The van der Waals surface area contributed by atoms with Gasteiger partial charge in [-0.25, -0.2) is 4.79 Å². The van der Waals surface area contributed by atoms with Gasteiger partial charge in [-0.3, -0.25) is 4.79 Å². The molecule has 0 aliphatic heterocycles. The van der Waals surface area contributed by atoms with Crippen molar-refractivity contribution >= 4 is 28.9 Å². The molecule has 0 unspecified atom stereocenters. The van der Waals surface area contributed by atoms with Crippen LogP contribution in [0.1, 0.15) is 27.0 Å². The van der Waals surface area contributed by atoms with Crippen molar-refractivity contribution in [1.82, 2.24) is 0 Å². The lowest BCUT2D eigenvalue weighted by atomic mass is 10.0. The van der Waals surface area contributed by atoms with E-state index in [1.165, 1.54) is 11.3 Å². The second-order valence-electron chi connectivity index (χ2n) is 5.04. The van der Waals surface area contributed by atoms with Crippen LogP contribution in [-0.2, 0) is 4.79 Å². The number of carboxylic acids is 1. The Hall–Kier alpha value is -2.34. The summed E-state index contributed by atoms with van der Waals surface area (Å²) in [5, 5.41) is 15.4. The van der Waals surface area contributed by atoms with E-state index in [1.807, 2.05) is 17.7 Å². The number of ether oxygens (including phenoxy) is 1. The van der Waals surface area contributed by atoms with Crippen LogP contribution in [0.15, 0.2) is 22.9 Å². The Morgan fingerprint density at radius 3 is 2.27 bits per heavy atom. The molecule has 1 amide bonds. The van der Waals surface area contributed by atoms with E-state index >= 15 is 0 Å². The Morgan fingerprint density at radius 1 is 1.14 bits per heavy atom. The van der Waals surface area contributed by atoms with Gasteiger partial charge in [0.2, 0.25) is 0 Å². The summed E-state index contributed by atoms with van der Waals surface area (Å²) in [6.45, 7) is 5.11. The van der Waals surface area contributed by atoms with Crippen molar-refractivity contribution in [3.05, 3.63) is 45.1 Å². The Kier molecular flexibility index (Phi) is 4.82. The Balaban J connectivity index is 2.20. The van der Waals surface area contributed by atoms with Gasteiger partial charge in [0.15, 0.2) is 6.61 Å². The van der Waals surface area contributed by atoms with Gasteiger partial charge in [-0.15, -0.1) is 11.3 Å². The summed E-state index contributed by atoms with van der Waals surface area (Å²) >= 11 is 1.53. The maximum atomic E-state index is 12.3. The van der Waals surface area contributed by atoms with Crippen molar-refractivity contribution in [2.75, 3.05) is 11.9 Å². The zero-order valence-electron chi connectivity index (χ0n) is 12.6. The molecule has 0 bridgehead atoms. The molecule has 0 saturated carbocycles. The molecule has 0 saturated heterocycles. The highest BCUT2D eigenvalue weighted by atomic mass is 32.1. The Bertz CT molecular complexity index is 698. The summed E-state index contributed by atoms with van der Waals surface area (Å²) < 4.78 is 5.26. The van der Waals surface area contributed by atoms with Gasteiger partial charge < -0.3 is 15.2 Å². The second-order valence-corrected chi connectivity index (χ2v) is 5.79. The van der Waals surface area contributed by atoms with Gasteiger partial charge in [-0.05, 0) is 55.0 Å². The number of carboxylic acid groups (broad SMARTS) is 1. The summed E-state index contributed by atoms with van der Waals surface area (Å²) in [4.78, 5) is 22.9. The zero-order chi connectivity index (χ0) is 16.3. The molecule has 2 aromatic rings. The van der Waals surface area contributed by atoms with Gasteiger partial charge in [-0.2, -0.15) is 0 Å². The predicted molar refractivity (Wildman–Crippen MR) is 86.1 cm³/mol. The minimum Gasteiger partial charge on any atom is -0.481 e. The van der Waals surface area contributed by atoms with Crippen LogP contribution in [0.25, 0.3) is 0 Å². The number of thiophene rings is 1. The minimum absolute atomic E-state index is 0.197. The normalized spacial score (nSPS) is 10.3. The topological polar surface area (TPSA) is 75.6 Å². The summed E-state index contributed by atoms with van der Waals surface area (Å²) in [5.41, 5.74) is 3.80. The van der Waals surface area contributed by atoms with Gasteiger partial charge in [0.05, 0.1) is 5.69 Å². The molecule has 1 aromatic carbocycles. The number of carbonyl (C=O) groups excluding carboxylic acids is 1. The van der Waals surface area contributed by atoms with Crippen molar-refractivity contribution < 1.29 is 19.4 Å². The molecule has 2 rings (SSSR count). The van der Waals surface area contributed by atoms with Crippen LogP contribution in [0, 0.1) is 20.8 Å². The number of hydrogen-bond donors (Lipinski definition) is 2. The van der Waals surface area contributed by atoms with E-state index in [2.05, 4.69) is 5.32 Å². The van der Waals surface area contributed by atoms with Crippen molar-refractivity contribution in [1.29, 1.82) is 0 Å². The quantitative estimate of drug-likeness (QED) is 0.886. The lowest BCUT2D eigenvalue weighted by Crippen LogP contribution is -2.14. The van der Waals surface area contributed by atoms with Crippen molar-refractivity contribution in [2.24, 2.45) is 0 Å². The lowest BCUT2D eigenvalue weighted by molar-refractivity contribution is -0.139. The SMILES string of the molecule is Cc1cscc1NC(=O)c1cc(C)c(OCC(=O)O)c(C)c1. The molecule has 5 nitrogen and oxygen atoms in total. The maximum absolute atomic E-state index is 12.3. The van der Waals surface area contributed by atoms with E-state index in [0.29, 0.717) is 11.3 Å². The maximum Gasteiger partial charge on any atom is 0.341 e. The average molecular weight is 319 g/mol. The van der Waals surface area contributed by atoms with Crippen LogP contribution in [0.4, 0.5) is 5.69 Å². The molecular weight excluding hydrogens is 302 g/mol. The largest absolute Gasteiger partial charge is 0.481 e. The first kappa shape index (κ1) is 16.0. The fourth-order valence-corrected chi connectivity index (χ4v) is 2.91. The van der Waals surface area contributed by atoms with Gasteiger partial charge in [0.25, 0.3) is 5.91 Å². The summed E-state index contributed by atoms with van der Waals surface area (Å²) in [6, 6.07) is 3.39. The summed E-state index contributed by atoms with van der Waals surface area (Å²) in [7, 11) is 0. The number of anilines is 1. The number of aliphatic carboxylic acids is 1. The van der Waals surface area contributed by atoms with Crippen LogP contribution in [-0.4, -0.2) is 23.6 Å². The van der Waals surface area contributed by atoms with Crippen LogP contribution in [0.3, 0.4) is 0 Å². The highest BCUT2D eigenvalue weighted by Gasteiger charge is 2.13. The Morgan fingerprint density at radius 2 is 1.77 bits per heavy atom. The van der Waals surface area contributed by atoms with Crippen LogP contribution >= 0.6 is 11.3 Å². The molecule has 0 spiro atoms. The molecule has 0 fully saturated rings. The first-order chi connectivity index (χ1) is 10.4. The van der Waals surface area contributed by atoms with Crippen LogP contribution < -0.4 is 10.1 Å². The summed E-state index contributed by atoms with van der Waals surface area (Å²) in [5.74, 6) is -0.725. The molecule has 1 aromatic heterocycles. The van der Waals surface area contributed by atoms with Crippen molar-refractivity contribution in [3.8, 4) is 5.75 Å². The molecule has 0 aliphatic carbocycles. The van der Waals surface area contributed by atoms with Crippen molar-refractivity contribution in [2.45, 2.75) is 20.8 Å². The van der Waals surface area contributed by atoms with E-state index in [-0.39, 0.29) is 5.91 Å². The third-order valence-corrected chi connectivity index (χ3v) is 4.03. The predicted octanol–water partition coefficient (Wildman–Crippen LogP) is 3.39. The van der Waals surface area contributed by atoms with E-state index < -0.39 is 12.6 Å². The lowest BCUT2D eigenvalue weighted by Gasteiger charge is -2.13. The molecule has 0 aliphatic rings. The Labute approximate surface area is 132 Å². The highest BCUT2D eigenvalue weighted by Crippen LogP contribution is 2.26. The monoisotopic (exact) mass is 319 g/mol. The fourth-order valence-electron chi connectivity index (χ4n) is 2.13. The van der Waals surface area contributed by atoms with Gasteiger partial charge in [-0.1, -0.05) is 0 Å². The fraction of sp³-hybridized carbons (Fsp3) is 0.250. The van der Waals surface area contributed by atoms with E-state index in [0.717, 1.165) is 22.4 Å².